The van der Waals surface area contributed by atoms with Crippen LogP contribution < -0.4 is 4.74 Å². The number of pyridine rings is 1. The van der Waals surface area contributed by atoms with Crippen LogP contribution in [0.5, 0.6) is 6.01 Å². The van der Waals surface area contributed by atoms with Crippen LogP contribution in [0.2, 0.25) is 5.02 Å². The van der Waals surface area contributed by atoms with Crippen LogP contribution in [0, 0.1) is 0 Å². The van der Waals surface area contributed by atoms with Crippen LogP contribution in [0.4, 0.5) is 0 Å². The van der Waals surface area contributed by atoms with E-state index < -0.39 is 0 Å². The number of hydrogen-bond acceptors (Lipinski definition) is 4. The smallest absolute Gasteiger partial charge is 0.335 e. The second kappa shape index (κ2) is 3.63. The van der Waals surface area contributed by atoms with Crippen LogP contribution in [0.3, 0.4) is 0 Å². The first-order valence-electron chi connectivity index (χ1n) is 3.87. The summed E-state index contributed by atoms with van der Waals surface area (Å²) in [7, 11) is 1.51. The standard InChI is InChI=1S/C8H7ClN4O/c1-14-8-11-5-13(12-8)7-3-2-6(9)4-10-7/h2-5H,1H3. The van der Waals surface area contributed by atoms with Gasteiger partial charge in [0.05, 0.1) is 12.1 Å². The molecule has 0 fully saturated rings. The summed E-state index contributed by atoms with van der Waals surface area (Å²) in [6.45, 7) is 0. The zero-order valence-corrected chi connectivity index (χ0v) is 8.14. The molecule has 0 unspecified atom stereocenters. The van der Waals surface area contributed by atoms with Crippen LogP contribution in [0.1, 0.15) is 0 Å². The van der Waals surface area contributed by atoms with Gasteiger partial charge in [0.15, 0.2) is 5.82 Å². The molecule has 0 atom stereocenters. The minimum Gasteiger partial charge on any atom is -0.466 e. The maximum atomic E-state index is 5.70. The Labute approximate surface area is 85.3 Å². The van der Waals surface area contributed by atoms with Gasteiger partial charge in [-0.3, -0.25) is 0 Å². The number of nitrogens with zero attached hydrogens (tertiary/aromatic N) is 4. The Morgan fingerprint density at radius 1 is 1.36 bits per heavy atom. The lowest BCUT2D eigenvalue weighted by atomic mass is 10.5. The van der Waals surface area contributed by atoms with Crippen molar-refractivity contribution in [2.45, 2.75) is 0 Å². The minimum atomic E-state index is 0.307. The number of ether oxygens (including phenoxy) is 1. The molecular weight excluding hydrogens is 204 g/mol. The molecule has 0 amide bonds. The van der Waals surface area contributed by atoms with Crippen LogP contribution in [0.25, 0.3) is 5.82 Å². The molecule has 0 spiro atoms. The fourth-order valence-electron chi connectivity index (χ4n) is 0.955. The van der Waals surface area contributed by atoms with E-state index in [0.717, 1.165) is 0 Å². The van der Waals surface area contributed by atoms with Gasteiger partial charge in [0.2, 0.25) is 0 Å². The van der Waals surface area contributed by atoms with Gasteiger partial charge in [0, 0.05) is 6.20 Å². The predicted molar refractivity (Wildman–Crippen MR) is 50.7 cm³/mol. The second-order valence-corrected chi connectivity index (χ2v) is 2.95. The summed E-state index contributed by atoms with van der Waals surface area (Å²) in [5.41, 5.74) is 0. The number of aromatic nitrogens is 4. The third-order valence-corrected chi connectivity index (χ3v) is 1.82. The van der Waals surface area contributed by atoms with Crippen molar-refractivity contribution in [2.24, 2.45) is 0 Å². The van der Waals surface area contributed by atoms with Crippen LogP contribution >= 0.6 is 11.6 Å². The Bertz CT molecular complexity index is 425. The van der Waals surface area contributed by atoms with E-state index in [4.69, 9.17) is 16.3 Å². The van der Waals surface area contributed by atoms with E-state index in [0.29, 0.717) is 16.9 Å². The van der Waals surface area contributed by atoms with Gasteiger partial charge in [-0.2, -0.15) is 9.67 Å². The molecule has 0 bridgehead atoms. The van der Waals surface area contributed by atoms with Gasteiger partial charge in [0.1, 0.15) is 6.33 Å². The third-order valence-electron chi connectivity index (χ3n) is 1.60. The van der Waals surface area contributed by atoms with Crippen LogP contribution in [-0.2, 0) is 0 Å². The molecule has 2 aromatic rings. The first kappa shape index (κ1) is 8.96. The first-order chi connectivity index (χ1) is 6.79. The van der Waals surface area contributed by atoms with E-state index in [2.05, 4.69) is 15.1 Å². The van der Waals surface area contributed by atoms with Crippen LogP contribution in [-0.4, -0.2) is 26.9 Å². The van der Waals surface area contributed by atoms with E-state index >= 15 is 0 Å². The molecular formula is C8H7ClN4O. The fourth-order valence-corrected chi connectivity index (χ4v) is 1.07. The lowest BCUT2D eigenvalue weighted by Crippen LogP contribution is -1.97. The zero-order chi connectivity index (χ0) is 9.97. The van der Waals surface area contributed by atoms with Gasteiger partial charge in [0.25, 0.3) is 0 Å². The summed E-state index contributed by atoms with van der Waals surface area (Å²) in [5, 5.41) is 4.59. The Hall–Kier alpha value is -1.62. The largest absolute Gasteiger partial charge is 0.466 e. The van der Waals surface area contributed by atoms with Crippen molar-refractivity contribution in [3.05, 3.63) is 29.7 Å². The first-order valence-corrected chi connectivity index (χ1v) is 4.25. The second-order valence-electron chi connectivity index (χ2n) is 2.51. The summed E-state index contributed by atoms with van der Waals surface area (Å²) < 4.78 is 6.35. The number of hydrogen-bond donors (Lipinski definition) is 0. The van der Waals surface area contributed by atoms with Gasteiger partial charge in [-0.15, -0.1) is 5.10 Å². The average molecular weight is 211 g/mol. The normalized spacial score (nSPS) is 10.1. The maximum Gasteiger partial charge on any atom is 0.335 e. The lowest BCUT2D eigenvalue weighted by molar-refractivity contribution is 0.379. The van der Waals surface area contributed by atoms with Crippen LogP contribution in [0.15, 0.2) is 24.7 Å². The molecule has 14 heavy (non-hydrogen) atoms. The van der Waals surface area contributed by atoms with E-state index in [1.165, 1.54) is 18.1 Å². The Kier molecular flexibility index (Phi) is 2.32. The SMILES string of the molecule is COc1ncn(-c2ccc(Cl)cn2)n1. The topological polar surface area (TPSA) is 52.8 Å². The molecule has 2 heterocycles. The highest BCUT2D eigenvalue weighted by Gasteiger charge is 2.02. The molecule has 0 N–H and O–H groups in total. The Balaban J connectivity index is 2.34. The molecule has 6 heteroatoms. The number of methoxy groups -OCH3 is 1. The van der Waals surface area contributed by atoms with Gasteiger partial charge < -0.3 is 4.74 Å². The lowest BCUT2D eigenvalue weighted by Gasteiger charge is -1.97. The molecule has 0 radical (unpaired) electrons. The molecule has 0 saturated carbocycles. The molecule has 0 aliphatic carbocycles. The van der Waals surface area contributed by atoms with E-state index in [1.807, 2.05) is 0 Å². The maximum absolute atomic E-state index is 5.70. The molecule has 5 nitrogen and oxygen atoms in total. The molecule has 0 saturated heterocycles. The number of halogens is 1. The highest BCUT2D eigenvalue weighted by molar-refractivity contribution is 6.30. The van der Waals surface area contributed by atoms with Gasteiger partial charge in [-0.25, -0.2) is 4.98 Å². The van der Waals surface area contributed by atoms with Crippen molar-refractivity contribution < 1.29 is 4.74 Å². The van der Waals surface area contributed by atoms with Gasteiger partial charge in [-0.1, -0.05) is 11.6 Å². The molecule has 0 aromatic carbocycles. The third kappa shape index (κ3) is 1.67. The molecule has 0 aliphatic heterocycles. The highest BCUT2D eigenvalue weighted by Crippen LogP contribution is 2.09. The fraction of sp³-hybridized carbons (Fsp3) is 0.125. The zero-order valence-electron chi connectivity index (χ0n) is 7.38. The Morgan fingerprint density at radius 3 is 2.79 bits per heavy atom. The van der Waals surface area contributed by atoms with Crippen molar-refractivity contribution in [2.75, 3.05) is 7.11 Å². The highest BCUT2D eigenvalue weighted by atomic mass is 35.5. The molecule has 72 valence electrons. The summed E-state index contributed by atoms with van der Waals surface area (Å²) >= 11 is 5.70. The van der Waals surface area contributed by atoms with E-state index in [9.17, 15) is 0 Å². The summed E-state index contributed by atoms with van der Waals surface area (Å²) in [5.74, 6) is 0.644. The Morgan fingerprint density at radius 2 is 2.21 bits per heavy atom. The van der Waals surface area contributed by atoms with Crippen molar-refractivity contribution in [3.63, 3.8) is 0 Å². The van der Waals surface area contributed by atoms with Gasteiger partial charge >= 0.3 is 6.01 Å². The summed E-state index contributed by atoms with van der Waals surface area (Å²) in [6, 6.07) is 3.79. The van der Waals surface area contributed by atoms with Crippen molar-refractivity contribution >= 4 is 11.6 Å². The summed E-state index contributed by atoms with van der Waals surface area (Å²) in [4.78, 5) is 7.96. The van der Waals surface area contributed by atoms with Crippen molar-refractivity contribution in [1.82, 2.24) is 19.7 Å². The minimum absolute atomic E-state index is 0.307. The van der Waals surface area contributed by atoms with Crippen molar-refractivity contribution in [1.29, 1.82) is 0 Å². The molecule has 2 aromatic heterocycles. The molecule has 0 aliphatic rings. The monoisotopic (exact) mass is 210 g/mol. The summed E-state index contributed by atoms with van der Waals surface area (Å²) in [6.07, 6.45) is 3.07. The molecule has 2 rings (SSSR count). The number of rotatable bonds is 2. The quantitative estimate of drug-likeness (QED) is 0.750. The predicted octanol–water partition coefficient (Wildman–Crippen LogP) is 1.32. The van der Waals surface area contributed by atoms with E-state index in [1.54, 1.807) is 18.3 Å². The van der Waals surface area contributed by atoms with Crippen molar-refractivity contribution in [3.8, 4) is 11.8 Å². The van der Waals surface area contributed by atoms with Gasteiger partial charge in [-0.05, 0) is 12.1 Å². The van der Waals surface area contributed by atoms with E-state index in [-0.39, 0.29) is 0 Å². The average Bonchev–Trinajstić information content (AvgIpc) is 2.67.